The van der Waals surface area contributed by atoms with Gasteiger partial charge in [-0.25, -0.2) is 8.78 Å². The van der Waals surface area contributed by atoms with Gasteiger partial charge in [-0.05, 0) is 82.6 Å². The second-order valence-corrected chi connectivity index (χ2v) is 11.4. The summed E-state index contributed by atoms with van der Waals surface area (Å²) in [7, 11) is 0. The predicted molar refractivity (Wildman–Crippen MR) is 146 cm³/mol. The number of hydrogen-bond donors (Lipinski definition) is 2. The maximum absolute atomic E-state index is 16.3. The SMILES string of the molecule is Cc1c(C(O)O)ccn(C2CCN(Cc3cc(C4CC4)c(C4C=CC(F)=CC4)c(F)c3OC(C)C)CC2)c1=O. The van der Waals surface area contributed by atoms with Crippen LogP contribution in [0.3, 0.4) is 0 Å². The van der Waals surface area contributed by atoms with Gasteiger partial charge >= 0.3 is 0 Å². The first-order chi connectivity index (χ1) is 18.6. The monoisotopic (exact) mass is 540 g/mol. The van der Waals surface area contributed by atoms with Crippen molar-refractivity contribution in [2.24, 2.45) is 0 Å². The van der Waals surface area contributed by atoms with Gasteiger partial charge < -0.3 is 19.5 Å². The number of aliphatic hydroxyl groups is 2. The molecule has 1 aromatic carbocycles. The standard InChI is InChI=1S/C31H38F2N2O4/c1-18(2)39-29-22(16-26(20-4-5-20)27(28(29)33)21-6-8-23(32)9-7-21)17-34-13-10-24(11-14-34)35-15-12-25(31(37)38)19(3)30(35)36/h6,8-9,12,15-16,18,20-21,24,31,37-38H,4-5,7,10-11,13-14,17H2,1-3H3. The number of benzene rings is 1. The molecule has 6 nitrogen and oxygen atoms in total. The van der Waals surface area contributed by atoms with E-state index in [1.807, 2.05) is 13.8 Å². The van der Waals surface area contributed by atoms with Gasteiger partial charge in [0.1, 0.15) is 5.83 Å². The number of ether oxygens (including phenoxy) is 1. The van der Waals surface area contributed by atoms with Crippen LogP contribution in [0.1, 0.15) is 97.9 Å². The highest BCUT2D eigenvalue weighted by Crippen LogP contribution is 2.48. The van der Waals surface area contributed by atoms with Gasteiger partial charge in [0.05, 0.1) is 6.10 Å². The summed E-state index contributed by atoms with van der Waals surface area (Å²) in [5.74, 6) is -0.194. The van der Waals surface area contributed by atoms with Gasteiger partial charge in [-0.2, -0.15) is 0 Å². The fraction of sp³-hybridized carbons (Fsp3) is 0.516. The Morgan fingerprint density at radius 3 is 2.44 bits per heavy atom. The van der Waals surface area contributed by atoms with Crippen molar-refractivity contribution in [2.45, 2.75) is 89.7 Å². The van der Waals surface area contributed by atoms with Gasteiger partial charge in [0, 0.05) is 60.0 Å². The summed E-state index contributed by atoms with van der Waals surface area (Å²) in [6.07, 6.45) is 8.49. The first-order valence-electron chi connectivity index (χ1n) is 14.0. The van der Waals surface area contributed by atoms with Crippen LogP contribution in [0.5, 0.6) is 5.75 Å². The lowest BCUT2D eigenvalue weighted by atomic mass is 9.85. The fourth-order valence-electron chi connectivity index (χ4n) is 5.95. The molecule has 39 heavy (non-hydrogen) atoms. The van der Waals surface area contributed by atoms with Crippen molar-refractivity contribution in [1.82, 2.24) is 9.47 Å². The summed E-state index contributed by atoms with van der Waals surface area (Å²) in [5.41, 5.74) is 2.87. The predicted octanol–water partition coefficient (Wildman–Crippen LogP) is 5.68. The van der Waals surface area contributed by atoms with E-state index in [4.69, 9.17) is 4.74 Å². The van der Waals surface area contributed by atoms with Crippen molar-refractivity contribution in [3.05, 3.63) is 86.4 Å². The van der Waals surface area contributed by atoms with E-state index in [0.29, 0.717) is 35.8 Å². The molecular weight excluding hydrogens is 502 g/mol. The molecule has 0 bridgehead atoms. The molecule has 1 aliphatic heterocycles. The van der Waals surface area contributed by atoms with E-state index < -0.39 is 6.29 Å². The molecule has 0 spiro atoms. The molecule has 2 heterocycles. The first-order valence-corrected chi connectivity index (χ1v) is 14.0. The molecule has 2 aromatic rings. The van der Waals surface area contributed by atoms with Crippen LogP contribution in [0, 0.1) is 12.7 Å². The van der Waals surface area contributed by atoms with E-state index in [-0.39, 0.29) is 40.8 Å². The molecule has 2 aliphatic carbocycles. The van der Waals surface area contributed by atoms with Gasteiger partial charge in [-0.1, -0.05) is 12.1 Å². The number of aliphatic hydroxyl groups excluding tert-OH is 1. The van der Waals surface area contributed by atoms with Crippen LogP contribution in [-0.2, 0) is 6.54 Å². The fourth-order valence-corrected chi connectivity index (χ4v) is 5.95. The molecule has 1 aromatic heterocycles. The lowest BCUT2D eigenvalue weighted by molar-refractivity contribution is -0.0431. The Kier molecular flexibility index (Phi) is 8.08. The zero-order chi connectivity index (χ0) is 27.8. The van der Waals surface area contributed by atoms with Crippen molar-refractivity contribution in [3.8, 4) is 5.75 Å². The lowest BCUT2D eigenvalue weighted by Crippen LogP contribution is -2.38. The number of pyridine rings is 1. The maximum Gasteiger partial charge on any atom is 0.254 e. The highest BCUT2D eigenvalue weighted by molar-refractivity contribution is 5.50. The van der Waals surface area contributed by atoms with Crippen LogP contribution < -0.4 is 10.3 Å². The number of likely N-dealkylation sites (tertiary alicyclic amines) is 1. The normalized spacial score (nSPS) is 20.6. The molecule has 8 heteroatoms. The number of allylic oxidation sites excluding steroid dienone is 4. The smallest absolute Gasteiger partial charge is 0.254 e. The molecule has 1 saturated heterocycles. The van der Waals surface area contributed by atoms with Crippen LogP contribution in [-0.4, -0.2) is 38.9 Å². The van der Waals surface area contributed by atoms with Crippen molar-refractivity contribution in [3.63, 3.8) is 0 Å². The Labute approximate surface area is 228 Å². The molecule has 3 aliphatic rings. The first kappa shape index (κ1) is 27.7. The van der Waals surface area contributed by atoms with E-state index in [9.17, 15) is 19.4 Å². The molecule has 5 rings (SSSR count). The minimum atomic E-state index is -1.67. The molecule has 2 N–H and O–H groups in total. The summed E-state index contributed by atoms with van der Waals surface area (Å²) in [6.45, 7) is 7.42. The van der Waals surface area contributed by atoms with Crippen LogP contribution in [0.25, 0.3) is 0 Å². The summed E-state index contributed by atoms with van der Waals surface area (Å²) in [6, 6.07) is 3.73. The summed E-state index contributed by atoms with van der Waals surface area (Å²) < 4.78 is 37.7. The average molecular weight is 541 g/mol. The van der Waals surface area contributed by atoms with Crippen molar-refractivity contribution in [1.29, 1.82) is 0 Å². The number of aromatic nitrogens is 1. The molecule has 1 atom stereocenters. The summed E-state index contributed by atoms with van der Waals surface area (Å²) in [4.78, 5) is 15.2. The Morgan fingerprint density at radius 1 is 1.13 bits per heavy atom. The van der Waals surface area contributed by atoms with Crippen molar-refractivity contribution in [2.75, 3.05) is 13.1 Å². The maximum atomic E-state index is 16.3. The number of halogens is 2. The van der Waals surface area contributed by atoms with Crippen molar-refractivity contribution < 1.29 is 23.7 Å². The minimum absolute atomic E-state index is 0.0106. The highest BCUT2D eigenvalue weighted by atomic mass is 19.1. The van der Waals surface area contributed by atoms with E-state index in [1.165, 1.54) is 12.2 Å². The lowest BCUT2D eigenvalue weighted by Gasteiger charge is -2.34. The molecule has 1 unspecified atom stereocenters. The van der Waals surface area contributed by atoms with Crippen molar-refractivity contribution >= 4 is 0 Å². The molecule has 0 radical (unpaired) electrons. The number of piperidine rings is 1. The zero-order valence-electron chi connectivity index (χ0n) is 22.9. The largest absolute Gasteiger partial charge is 0.488 e. The Hall–Kier alpha value is -2.81. The third-order valence-electron chi connectivity index (χ3n) is 8.19. The second kappa shape index (κ2) is 11.4. The molecule has 2 fully saturated rings. The van der Waals surface area contributed by atoms with Crippen LogP contribution >= 0.6 is 0 Å². The molecule has 0 amide bonds. The van der Waals surface area contributed by atoms with Gasteiger partial charge in [-0.3, -0.25) is 9.69 Å². The van der Waals surface area contributed by atoms with E-state index in [0.717, 1.165) is 49.9 Å². The van der Waals surface area contributed by atoms with E-state index >= 15 is 4.39 Å². The van der Waals surface area contributed by atoms with Gasteiger partial charge in [0.25, 0.3) is 5.56 Å². The Balaban J connectivity index is 1.38. The highest BCUT2D eigenvalue weighted by Gasteiger charge is 2.34. The second-order valence-electron chi connectivity index (χ2n) is 11.4. The Morgan fingerprint density at radius 2 is 1.85 bits per heavy atom. The molecule has 210 valence electrons. The molecule has 1 saturated carbocycles. The topological polar surface area (TPSA) is 74.9 Å². The van der Waals surface area contributed by atoms with Crippen LogP contribution in [0.2, 0.25) is 0 Å². The van der Waals surface area contributed by atoms with E-state index in [2.05, 4.69) is 11.0 Å². The van der Waals surface area contributed by atoms with Gasteiger partial charge in [0.2, 0.25) is 0 Å². The number of hydrogen-bond acceptors (Lipinski definition) is 5. The van der Waals surface area contributed by atoms with Gasteiger partial charge in [-0.15, -0.1) is 0 Å². The van der Waals surface area contributed by atoms with Gasteiger partial charge in [0.15, 0.2) is 17.9 Å². The average Bonchev–Trinajstić information content (AvgIpc) is 3.74. The minimum Gasteiger partial charge on any atom is -0.488 e. The summed E-state index contributed by atoms with van der Waals surface area (Å²) in [5, 5.41) is 19.0. The number of rotatable bonds is 8. The van der Waals surface area contributed by atoms with E-state index in [1.54, 1.807) is 29.8 Å². The van der Waals surface area contributed by atoms with Crippen LogP contribution in [0.15, 0.2) is 47.2 Å². The third-order valence-corrected chi connectivity index (χ3v) is 8.19. The zero-order valence-corrected chi connectivity index (χ0v) is 22.9. The quantitative estimate of drug-likeness (QED) is 0.422. The van der Waals surface area contributed by atoms with Crippen LogP contribution in [0.4, 0.5) is 8.78 Å². The summed E-state index contributed by atoms with van der Waals surface area (Å²) >= 11 is 0. The third kappa shape index (κ3) is 5.88. The number of nitrogens with zero attached hydrogens (tertiary/aromatic N) is 2. The molecular formula is C31H38F2N2O4. The Bertz CT molecular complexity index is 1340.